The number of hydrogen-bond acceptors (Lipinski definition) is 2. The minimum Gasteiger partial charge on any atom is -0.331 e. The molecule has 2 heterocycles. The van der Waals surface area contributed by atoms with Crippen LogP contribution in [0.25, 0.3) is 38.3 Å². The summed E-state index contributed by atoms with van der Waals surface area (Å²) < 4.78 is 2.53. The van der Waals surface area contributed by atoms with Gasteiger partial charge in [0, 0.05) is 27.3 Å². The van der Waals surface area contributed by atoms with Crippen molar-refractivity contribution >= 4 is 44.0 Å². The van der Waals surface area contributed by atoms with Crippen LogP contribution in [0, 0.1) is 11.3 Å². The van der Waals surface area contributed by atoms with Gasteiger partial charge in [-0.2, -0.15) is 5.26 Å². The summed E-state index contributed by atoms with van der Waals surface area (Å²) in [5.74, 6) is 0. The molecule has 3 heteroatoms. The first kappa shape index (κ1) is 24.8. The lowest BCUT2D eigenvalue weighted by Gasteiger charge is -2.29. The van der Waals surface area contributed by atoms with Crippen LogP contribution in [0.15, 0.2) is 120 Å². The fraction of sp³-hybridized carbons (Fsp3) is 0.179. The number of rotatable bonds is 2. The molecule has 0 saturated heterocycles. The molecule has 202 valence electrons. The van der Waals surface area contributed by atoms with Crippen LogP contribution < -0.4 is 0 Å². The first-order chi connectivity index (χ1) is 20.5. The number of allylic oxidation sites excluding steroid dienone is 1. The van der Waals surface area contributed by atoms with E-state index in [0.717, 1.165) is 36.2 Å². The van der Waals surface area contributed by atoms with Gasteiger partial charge in [-0.3, -0.25) is 0 Å². The Morgan fingerprint density at radius 1 is 0.786 bits per heavy atom. The quantitative estimate of drug-likeness (QED) is 0.215. The van der Waals surface area contributed by atoms with Gasteiger partial charge in [-0.1, -0.05) is 92.7 Å². The minimum atomic E-state index is -0.0619. The van der Waals surface area contributed by atoms with Crippen LogP contribution in [0.1, 0.15) is 61.4 Å². The molecule has 0 radical (unpaired) electrons. The molecule has 1 atom stereocenters. The maximum absolute atomic E-state index is 9.84. The van der Waals surface area contributed by atoms with Crippen molar-refractivity contribution in [2.24, 2.45) is 4.99 Å². The zero-order valence-corrected chi connectivity index (χ0v) is 23.9. The molecule has 0 spiro atoms. The van der Waals surface area contributed by atoms with E-state index in [0.29, 0.717) is 5.56 Å². The molecular formula is C39H31N3. The molecule has 0 saturated carbocycles. The molecule has 1 unspecified atom stereocenters. The second kappa shape index (κ2) is 9.29. The molecule has 2 aliphatic rings. The molecular weight excluding hydrogens is 510 g/mol. The Bertz CT molecular complexity index is 2170. The fourth-order valence-electron chi connectivity index (χ4n) is 7.49. The SMILES string of the molecule is CC1(C)C2=C(N=C(c3cccc(C#N)c3)C(n3c4ccccc4c4cc5ccccc5cc43)CCC2)c2ccccc21. The Hall–Kier alpha value is -4.94. The summed E-state index contributed by atoms with van der Waals surface area (Å²) >= 11 is 0. The van der Waals surface area contributed by atoms with E-state index in [1.807, 2.05) is 18.2 Å². The largest absolute Gasteiger partial charge is 0.331 e. The normalized spacial score (nSPS) is 17.9. The van der Waals surface area contributed by atoms with Crippen molar-refractivity contribution in [1.29, 1.82) is 5.26 Å². The van der Waals surface area contributed by atoms with Crippen molar-refractivity contribution in [1.82, 2.24) is 4.57 Å². The standard InChI is InChI=1S/C39H31N3/c1-39(2)32-17-7-5-16-30(32)38-33(39)18-10-20-35(37(41-38)28-14-9-11-25(21-28)24-40)42-34-19-8-6-15-29(34)31-22-26-12-3-4-13-27(26)23-36(31)42/h3-9,11-17,19,21-23,35H,10,18,20H2,1-2H3. The number of nitriles is 1. The van der Waals surface area contributed by atoms with Gasteiger partial charge in [-0.25, -0.2) is 4.99 Å². The monoisotopic (exact) mass is 541 g/mol. The maximum atomic E-state index is 9.84. The molecule has 6 aromatic rings. The average Bonchev–Trinajstić information content (AvgIpc) is 3.43. The summed E-state index contributed by atoms with van der Waals surface area (Å²) in [5.41, 5.74) is 10.2. The lowest BCUT2D eigenvalue weighted by atomic mass is 9.79. The molecule has 8 rings (SSSR count). The number of benzene rings is 5. The highest BCUT2D eigenvalue weighted by Crippen LogP contribution is 2.50. The van der Waals surface area contributed by atoms with Gasteiger partial charge in [-0.05, 0) is 77.1 Å². The van der Waals surface area contributed by atoms with Gasteiger partial charge in [0.1, 0.15) is 0 Å². The van der Waals surface area contributed by atoms with Crippen LogP contribution in [0.5, 0.6) is 0 Å². The molecule has 0 N–H and O–H groups in total. The molecule has 1 aliphatic carbocycles. The van der Waals surface area contributed by atoms with E-state index < -0.39 is 0 Å². The number of nitrogens with zero attached hydrogens (tertiary/aromatic N) is 3. The van der Waals surface area contributed by atoms with Gasteiger partial charge < -0.3 is 4.57 Å². The Morgan fingerprint density at radius 3 is 2.40 bits per heavy atom. The summed E-state index contributed by atoms with van der Waals surface area (Å²) in [6, 6.07) is 41.3. The third kappa shape index (κ3) is 3.62. The van der Waals surface area contributed by atoms with Crippen LogP contribution in [-0.2, 0) is 5.41 Å². The molecule has 3 nitrogen and oxygen atoms in total. The smallest absolute Gasteiger partial charge is 0.0991 e. The van der Waals surface area contributed by atoms with E-state index >= 15 is 0 Å². The predicted molar refractivity (Wildman–Crippen MR) is 174 cm³/mol. The van der Waals surface area contributed by atoms with Crippen molar-refractivity contribution < 1.29 is 0 Å². The van der Waals surface area contributed by atoms with Crippen molar-refractivity contribution in [3.05, 3.63) is 137 Å². The first-order valence-corrected chi connectivity index (χ1v) is 14.9. The van der Waals surface area contributed by atoms with Crippen molar-refractivity contribution in [3.8, 4) is 6.07 Å². The molecule has 0 bridgehead atoms. The molecule has 5 aromatic carbocycles. The summed E-state index contributed by atoms with van der Waals surface area (Å²) in [4.78, 5) is 5.66. The van der Waals surface area contributed by atoms with E-state index in [9.17, 15) is 5.26 Å². The van der Waals surface area contributed by atoms with E-state index in [2.05, 4.69) is 115 Å². The second-order valence-corrected chi connectivity index (χ2v) is 12.2. The van der Waals surface area contributed by atoms with Crippen LogP contribution in [0.2, 0.25) is 0 Å². The van der Waals surface area contributed by atoms with Crippen LogP contribution in [-0.4, -0.2) is 10.3 Å². The van der Waals surface area contributed by atoms with Gasteiger partial charge in [-0.15, -0.1) is 0 Å². The Kier molecular flexibility index (Phi) is 5.49. The molecule has 1 aromatic heterocycles. The van der Waals surface area contributed by atoms with Crippen molar-refractivity contribution in [2.45, 2.75) is 44.6 Å². The Labute approximate surface area is 246 Å². The summed E-state index contributed by atoms with van der Waals surface area (Å²) in [5, 5.41) is 14.9. The molecule has 0 amide bonds. The van der Waals surface area contributed by atoms with E-state index in [1.54, 1.807) is 0 Å². The van der Waals surface area contributed by atoms with Gasteiger partial charge >= 0.3 is 0 Å². The summed E-state index contributed by atoms with van der Waals surface area (Å²) in [7, 11) is 0. The third-order valence-corrected chi connectivity index (χ3v) is 9.52. The Morgan fingerprint density at radius 2 is 1.55 bits per heavy atom. The van der Waals surface area contributed by atoms with E-state index in [4.69, 9.17) is 4.99 Å². The summed E-state index contributed by atoms with van der Waals surface area (Å²) in [6.07, 6.45) is 3.03. The number of fused-ring (bicyclic) bond motifs is 6. The first-order valence-electron chi connectivity index (χ1n) is 14.9. The highest BCUT2D eigenvalue weighted by Gasteiger charge is 2.39. The Balaban J connectivity index is 1.46. The van der Waals surface area contributed by atoms with E-state index in [-0.39, 0.29) is 11.5 Å². The number of hydrogen-bond donors (Lipinski definition) is 0. The maximum Gasteiger partial charge on any atom is 0.0991 e. The average molecular weight is 542 g/mol. The second-order valence-electron chi connectivity index (χ2n) is 12.2. The predicted octanol–water partition coefficient (Wildman–Crippen LogP) is 9.74. The van der Waals surface area contributed by atoms with Crippen LogP contribution >= 0.6 is 0 Å². The van der Waals surface area contributed by atoms with E-state index in [1.165, 1.54) is 49.3 Å². The summed E-state index contributed by atoms with van der Waals surface area (Å²) in [6.45, 7) is 4.69. The van der Waals surface area contributed by atoms with Gasteiger partial charge in [0.15, 0.2) is 0 Å². The minimum absolute atomic E-state index is 0.00688. The van der Waals surface area contributed by atoms with Crippen molar-refractivity contribution in [2.75, 3.05) is 0 Å². The zero-order chi connectivity index (χ0) is 28.4. The lowest BCUT2D eigenvalue weighted by molar-refractivity contribution is 0.543. The highest BCUT2D eigenvalue weighted by atomic mass is 15.0. The fourth-order valence-corrected chi connectivity index (χ4v) is 7.49. The number of para-hydroxylation sites is 1. The number of aromatic nitrogens is 1. The zero-order valence-electron chi connectivity index (χ0n) is 23.9. The molecule has 42 heavy (non-hydrogen) atoms. The topological polar surface area (TPSA) is 41.1 Å². The van der Waals surface area contributed by atoms with Crippen LogP contribution in [0.3, 0.4) is 0 Å². The van der Waals surface area contributed by atoms with Gasteiger partial charge in [0.05, 0.1) is 34.6 Å². The van der Waals surface area contributed by atoms with Crippen molar-refractivity contribution in [3.63, 3.8) is 0 Å². The third-order valence-electron chi connectivity index (χ3n) is 9.52. The molecule has 1 aliphatic heterocycles. The lowest BCUT2D eigenvalue weighted by Crippen LogP contribution is -2.23. The van der Waals surface area contributed by atoms with Gasteiger partial charge in [0.2, 0.25) is 0 Å². The molecule has 0 fully saturated rings. The van der Waals surface area contributed by atoms with Gasteiger partial charge in [0.25, 0.3) is 0 Å². The van der Waals surface area contributed by atoms with Crippen LogP contribution in [0.4, 0.5) is 0 Å². The number of aliphatic imine (C=N–C) groups is 1. The highest BCUT2D eigenvalue weighted by molar-refractivity contribution is 6.15.